The Morgan fingerprint density at radius 1 is 1.50 bits per heavy atom. The summed E-state index contributed by atoms with van der Waals surface area (Å²) >= 11 is 1.57. The van der Waals surface area contributed by atoms with Crippen molar-refractivity contribution in [3.63, 3.8) is 0 Å². The molecule has 5 nitrogen and oxygen atoms in total. The molecule has 1 rings (SSSR count). The highest BCUT2D eigenvalue weighted by atomic mass is 32.2. The molecule has 1 atom stereocenters. The molecule has 0 spiro atoms. The van der Waals surface area contributed by atoms with Gasteiger partial charge in [-0.2, -0.15) is 11.8 Å². The van der Waals surface area contributed by atoms with Gasteiger partial charge in [0, 0.05) is 6.04 Å². The van der Waals surface area contributed by atoms with Crippen molar-refractivity contribution >= 4 is 23.6 Å². The average molecular weight is 246 g/mol. The first-order valence-electron chi connectivity index (χ1n) is 5.38. The van der Waals surface area contributed by atoms with Crippen LogP contribution in [-0.2, 0) is 9.59 Å². The van der Waals surface area contributed by atoms with Crippen molar-refractivity contribution in [2.75, 3.05) is 18.6 Å². The fraction of sp³-hybridized carbons (Fsp3) is 0.800. The molecule has 1 aliphatic carbocycles. The van der Waals surface area contributed by atoms with Gasteiger partial charge in [-0.3, -0.25) is 4.79 Å². The molecule has 16 heavy (non-hydrogen) atoms. The van der Waals surface area contributed by atoms with Crippen molar-refractivity contribution in [1.29, 1.82) is 0 Å². The van der Waals surface area contributed by atoms with E-state index < -0.39 is 12.0 Å². The number of nitrogens with one attached hydrogen (secondary N) is 2. The van der Waals surface area contributed by atoms with E-state index >= 15 is 0 Å². The molecule has 1 saturated carbocycles. The number of hydrogen-bond acceptors (Lipinski definition) is 4. The zero-order chi connectivity index (χ0) is 12.0. The quantitative estimate of drug-likeness (QED) is 0.564. The monoisotopic (exact) mass is 246 g/mol. The minimum atomic E-state index is -0.964. The second-order valence-corrected chi connectivity index (χ2v) is 4.88. The molecular weight excluding hydrogens is 228 g/mol. The molecule has 0 aromatic rings. The van der Waals surface area contributed by atoms with Crippen LogP contribution in [0.4, 0.5) is 0 Å². The topological polar surface area (TPSA) is 78.4 Å². The summed E-state index contributed by atoms with van der Waals surface area (Å²) in [6.45, 7) is 0.216. The summed E-state index contributed by atoms with van der Waals surface area (Å²) in [5, 5.41) is 14.5. The summed E-state index contributed by atoms with van der Waals surface area (Å²) in [6, 6.07) is -0.304. The first kappa shape index (κ1) is 13.3. The number of aliphatic carboxylic acids is 1. The Morgan fingerprint density at radius 2 is 2.19 bits per heavy atom. The van der Waals surface area contributed by atoms with Gasteiger partial charge in [0.1, 0.15) is 6.04 Å². The van der Waals surface area contributed by atoms with Gasteiger partial charge in [-0.1, -0.05) is 0 Å². The van der Waals surface area contributed by atoms with Crippen molar-refractivity contribution < 1.29 is 14.7 Å². The van der Waals surface area contributed by atoms with Gasteiger partial charge in [0.25, 0.3) is 0 Å². The number of carbonyl (C=O) groups excluding carboxylic acids is 1. The number of carboxylic acid groups (broad SMARTS) is 1. The zero-order valence-corrected chi connectivity index (χ0v) is 10.2. The van der Waals surface area contributed by atoms with E-state index in [1.165, 1.54) is 0 Å². The fourth-order valence-corrected chi connectivity index (χ4v) is 1.73. The lowest BCUT2D eigenvalue weighted by Crippen LogP contribution is -2.45. The highest BCUT2D eigenvalue weighted by molar-refractivity contribution is 7.98. The van der Waals surface area contributed by atoms with Gasteiger partial charge in [0.05, 0.1) is 6.54 Å². The van der Waals surface area contributed by atoms with Gasteiger partial charge in [0.15, 0.2) is 0 Å². The van der Waals surface area contributed by atoms with Gasteiger partial charge < -0.3 is 15.7 Å². The van der Waals surface area contributed by atoms with Crippen LogP contribution in [0.5, 0.6) is 0 Å². The molecule has 0 bridgehead atoms. The summed E-state index contributed by atoms with van der Waals surface area (Å²) in [6.07, 6.45) is 4.60. The van der Waals surface area contributed by atoms with Crippen LogP contribution in [0, 0.1) is 0 Å². The maximum atomic E-state index is 11.4. The Balaban J connectivity index is 2.22. The van der Waals surface area contributed by atoms with E-state index in [1.54, 1.807) is 11.8 Å². The van der Waals surface area contributed by atoms with Gasteiger partial charge in [-0.05, 0) is 31.3 Å². The second kappa shape index (κ2) is 6.75. The fourth-order valence-electron chi connectivity index (χ4n) is 1.26. The highest BCUT2D eigenvalue weighted by Gasteiger charge is 2.23. The van der Waals surface area contributed by atoms with E-state index in [-0.39, 0.29) is 12.5 Å². The van der Waals surface area contributed by atoms with Crippen LogP contribution < -0.4 is 10.6 Å². The zero-order valence-electron chi connectivity index (χ0n) is 9.36. The lowest BCUT2D eigenvalue weighted by atomic mass is 10.2. The van der Waals surface area contributed by atoms with E-state index in [0.717, 1.165) is 18.6 Å². The maximum Gasteiger partial charge on any atom is 0.326 e. The SMILES string of the molecule is CSCC[C@@H](NC(=O)CNC1CC1)C(=O)O. The van der Waals surface area contributed by atoms with E-state index in [0.29, 0.717) is 12.5 Å². The number of carboxylic acids is 1. The van der Waals surface area contributed by atoms with E-state index in [2.05, 4.69) is 10.6 Å². The second-order valence-electron chi connectivity index (χ2n) is 3.89. The number of amides is 1. The molecule has 0 heterocycles. The van der Waals surface area contributed by atoms with Crippen molar-refractivity contribution in [1.82, 2.24) is 10.6 Å². The van der Waals surface area contributed by atoms with Crippen molar-refractivity contribution in [3.8, 4) is 0 Å². The molecule has 1 fully saturated rings. The maximum absolute atomic E-state index is 11.4. The largest absolute Gasteiger partial charge is 0.480 e. The van der Waals surface area contributed by atoms with E-state index in [9.17, 15) is 9.59 Å². The Kier molecular flexibility index (Phi) is 5.62. The number of rotatable bonds is 8. The van der Waals surface area contributed by atoms with E-state index in [4.69, 9.17) is 5.11 Å². The molecule has 1 aliphatic rings. The standard InChI is InChI=1S/C10H18N2O3S/c1-16-5-4-8(10(14)15)12-9(13)6-11-7-2-3-7/h7-8,11H,2-6H2,1H3,(H,12,13)(H,14,15)/t8-/m1/s1. The number of hydrogen-bond donors (Lipinski definition) is 3. The summed E-state index contributed by atoms with van der Waals surface area (Å²) in [5.74, 6) is -0.470. The molecular formula is C10H18N2O3S. The lowest BCUT2D eigenvalue weighted by molar-refractivity contribution is -0.141. The third kappa shape index (κ3) is 5.37. The first-order valence-corrected chi connectivity index (χ1v) is 6.77. The van der Waals surface area contributed by atoms with Crippen molar-refractivity contribution in [2.24, 2.45) is 0 Å². The van der Waals surface area contributed by atoms with Crippen LogP contribution in [0.3, 0.4) is 0 Å². The van der Waals surface area contributed by atoms with Crippen LogP contribution in [0.2, 0.25) is 0 Å². The van der Waals surface area contributed by atoms with Gasteiger partial charge in [-0.25, -0.2) is 4.79 Å². The lowest BCUT2D eigenvalue weighted by Gasteiger charge is -2.14. The predicted octanol–water partition coefficient (Wildman–Crippen LogP) is 0.0609. The molecule has 92 valence electrons. The minimum absolute atomic E-state index is 0.216. The molecule has 0 radical (unpaired) electrons. The summed E-state index contributed by atoms with van der Waals surface area (Å²) in [7, 11) is 0. The Morgan fingerprint density at radius 3 is 2.69 bits per heavy atom. The summed E-state index contributed by atoms with van der Waals surface area (Å²) in [5.41, 5.74) is 0. The Bertz CT molecular complexity index is 256. The summed E-state index contributed by atoms with van der Waals surface area (Å²) < 4.78 is 0. The molecule has 0 saturated heterocycles. The molecule has 1 amide bonds. The van der Waals surface area contributed by atoms with Crippen molar-refractivity contribution in [2.45, 2.75) is 31.3 Å². The predicted molar refractivity (Wildman–Crippen MR) is 63.6 cm³/mol. The van der Waals surface area contributed by atoms with Gasteiger partial charge in [0.2, 0.25) is 5.91 Å². The minimum Gasteiger partial charge on any atom is -0.480 e. The van der Waals surface area contributed by atoms with Crippen LogP contribution in [0.15, 0.2) is 0 Å². The number of thioether (sulfide) groups is 1. The summed E-state index contributed by atoms with van der Waals surface area (Å²) in [4.78, 5) is 22.3. The molecule has 0 aromatic carbocycles. The number of carbonyl (C=O) groups is 2. The van der Waals surface area contributed by atoms with Crippen LogP contribution in [0.1, 0.15) is 19.3 Å². The van der Waals surface area contributed by atoms with Crippen molar-refractivity contribution in [3.05, 3.63) is 0 Å². The van der Waals surface area contributed by atoms with Crippen LogP contribution in [0.25, 0.3) is 0 Å². The average Bonchev–Trinajstić information content (AvgIpc) is 3.04. The third-order valence-corrected chi connectivity index (χ3v) is 3.02. The van der Waals surface area contributed by atoms with Gasteiger partial charge in [-0.15, -0.1) is 0 Å². The molecule has 3 N–H and O–H groups in total. The molecule has 0 unspecified atom stereocenters. The van der Waals surface area contributed by atoms with Gasteiger partial charge >= 0.3 is 5.97 Å². The molecule has 0 aliphatic heterocycles. The normalized spacial score (nSPS) is 16.8. The first-order chi connectivity index (χ1) is 7.63. The molecule has 0 aromatic heterocycles. The van der Waals surface area contributed by atoms with Crippen LogP contribution in [-0.4, -0.2) is 47.6 Å². The third-order valence-electron chi connectivity index (χ3n) is 2.37. The van der Waals surface area contributed by atoms with E-state index in [1.807, 2.05) is 6.26 Å². The Labute approximate surface area is 99.4 Å². The highest BCUT2D eigenvalue weighted by Crippen LogP contribution is 2.17. The van der Waals surface area contributed by atoms with Crippen LogP contribution >= 0.6 is 11.8 Å². The smallest absolute Gasteiger partial charge is 0.326 e. The Hall–Kier alpha value is -0.750. The molecule has 6 heteroatoms.